The van der Waals surface area contributed by atoms with Crippen LogP contribution in [0.25, 0.3) is 0 Å². The Morgan fingerprint density at radius 2 is 1.24 bits per heavy atom. The van der Waals surface area contributed by atoms with Crippen LogP contribution in [0.5, 0.6) is 11.5 Å². The molecule has 5 nitrogen and oxygen atoms in total. The zero-order valence-corrected chi connectivity index (χ0v) is 13.3. The lowest BCUT2D eigenvalue weighted by atomic mass is 10.2. The summed E-state index contributed by atoms with van der Waals surface area (Å²) in [5.74, 6) is 0.640. The molecule has 21 heavy (non-hydrogen) atoms. The molecule has 0 amide bonds. The summed E-state index contributed by atoms with van der Waals surface area (Å²) >= 11 is 0. The van der Waals surface area contributed by atoms with Crippen LogP contribution in [-0.2, 0) is 9.59 Å². The summed E-state index contributed by atoms with van der Waals surface area (Å²) in [6.45, 7) is 7.36. The molecule has 0 aliphatic carbocycles. The molecule has 0 radical (unpaired) electrons. The monoisotopic (exact) mass is 296 g/mol. The molecule has 1 rings (SSSR count). The largest absolute Gasteiger partial charge is 0.459 e. The molecule has 0 spiro atoms. The Morgan fingerprint density at radius 3 is 1.57 bits per heavy atom. The van der Waals surface area contributed by atoms with Crippen molar-refractivity contribution in [2.75, 3.05) is 0 Å². The molecule has 0 bridgehead atoms. The minimum absolute atomic E-state index is 0.221. The Kier molecular flexibility index (Phi) is 6.99. The average Bonchev–Trinajstić information content (AvgIpc) is 2.69. The minimum Gasteiger partial charge on any atom is -0.459 e. The van der Waals surface area contributed by atoms with Gasteiger partial charge in [0.2, 0.25) is 11.5 Å². The van der Waals surface area contributed by atoms with Crippen molar-refractivity contribution in [1.29, 1.82) is 0 Å². The third kappa shape index (κ3) is 5.25. The molecule has 0 saturated carbocycles. The highest BCUT2D eigenvalue weighted by Gasteiger charge is 2.23. The number of carbonyl (C=O) groups excluding carboxylic acids is 2. The Hall–Kier alpha value is -1.78. The lowest BCUT2D eigenvalue weighted by Gasteiger charge is -2.07. The molecular weight excluding hydrogens is 272 g/mol. The van der Waals surface area contributed by atoms with Gasteiger partial charge in [-0.05, 0) is 26.7 Å². The quantitative estimate of drug-likeness (QED) is 0.676. The Labute approximate surface area is 125 Å². The van der Waals surface area contributed by atoms with Crippen LogP contribution in [-0.4, -0.2) is 11.9 Å². The Balaban J connectivity index is 2.79. The summed E-state index contributed by atoms with van der Waals surface area (Å²) in [5.41, 5.74) is 0. The lowest BCUT2D eigenvalue weighted by molar-refractivity contribution is -0.137. The van der Waals surface area contributed by atoms with Gasteiger partial charge in [-0.3, -0.25) is 9.59 Å². The molecule has 1 aromatic heterocycles. The maximum Gasteiger partial charge on any atom is 0.311 e. The van der Waals surface area contributed by atoms with Gasteiger partial charge in [0.15, 0.2) is 0 Å². The average molecular weight is 296 g/mol. The number of furan rings is 1. The predicted molar refractivity (Wildman–Crippen MR) is 78.5 cm³/mol. The molecule has 0 N–H and O–H groups in total. The van der Waals surface area contributed by atoms with Crippen molar-refractivity contribution in [3.63, 3.8) is 0 Å². The predicted octanol–water partition coefficient (Wildman–Crippen LogP) is 4.09. The molecule has 1 heterocycles. The summed E-state index contributed by atoms with van der Waals surface area (Å²) in [6, 6.07) is 0. The summed E-state index contributed by atoms with van der Waals surface area (Å²) in [6.07, 6.45) is 4.03. The minimum atomic E-state index is -0.341. The van der Waals surface area contributed by atoms with Gasteiger partial charge < -0.3 is 13.9 Å². The van der Waals surface area contributed by atoms with E-state index in [1.54, 1.807) is 13.8 Å². The van der Waals surface area contributed by atoms with Crippen molar-refractivity contribution in [3.8, 4) is 11.5 Å². The van der Waals surface area contributed by atoms with E-state index < -0.39 is 0 Å². The van der Waals surface area contributed by atoms with Crippen LogP contribution in [0.3, 0.4) is 0 Å². The number of ether oxygens (including phenoxy) is 2. The fourth-order valence-corrected chi connectivity index (χ4v) is 1.85. The first-order chi connectivity index (χ1) is 9.99. The van der Waals surface area contributed by atoms with Gasteiger partial charge >= 0.3 is 11.9 Å². The van der Waals surface area contributed by atoms with Gasteiger partial charge in [-0.2, -0.15) is 0 Å². The van der Waals surface area contributed by atoms with E-state index in [-0.39, 0.29) is 23.4 Å². The normalized spacial score (nSPS) is 10.5. The van der Waals surface area contributed by atoms with Crippen molar-refractivity contribution in [3.05, 3.63) is 11.5 Å². The maximum atomic E-state index is 11.7. The number of aryl methyl sites for hydroxylation is 2. The van der Waals surface area contributed by atoms with E-state index in [2.05, 4.69) is 0 Å². The summed E-state index contributed by atoms with van der Waals surface area (Å²) in [5, 5.41) is 0. The number of unbranched alkanes of at least 4 members (excludes halogenated alkanes) is 2. The molecule has 1 aromatic rings. The maximum absolute atomic E-state index is 11.7. The fraction of sp³-hybridized carbons (Fsp3) is 0.625. The molecule has 0 unspecified atom stereocenters. The van der Waals surface area contributed by atoms with E-state index in [1.807, 2.05) is 13.8 Å². The highest BCUT2D eigenvalue weighted by molar-refractivity contribution is 5.77. The van der Waals surface area contributed by atoms with Crippen LogP contribution in [0.15, 0.2) is 4.42 Å². The Morgan fingerprint density at radius 1 is 0.857 bits per heavy atom. The van der Waals surface area contributed by atoms with E-state index >= 15 is 0 Å². The van der Waals surface area contributed by atoms with Gasteiger partial charge in [-0.1, -0.05) is 26.7 Å². The second kappa shape index (κ2) is 8.49. The van der Waals surface area contributed by atoms with Crippen LogP contribution in [0, 0.1) is 13.8 Å². The molecule has 0 aliphatic rings. The van der Waals surface area contributed by atoms with E-state index in [0.29, 0.717) is 24.4 Å². The molecule has 0 aromatic carbocycles. The van der Waals surface area contributed by atoms with Gasteiger partial charge in [0.1, 0.15) is 11.5 Å². The van der Waals surface area contributed by atoms with E-state index in [0.717, 1.165) is 25.7 Å². The molecule has 0 saturated heterocycles. The third-order valence-corrected chi connectivity index (χ3v) is 3.05. The van der Waals surface area contributed by atoms with Gasteiger partial charge in [0.05, 0.1) is 0 Å². The number of esters is 2. The van der Waals surface area contributed by atoms with Crippen LogP contribution >= 0.6 is 0 Å². The Bertz CT molecular complexity index is 445. The van der Waals surface area contributed by atoms with Crippen molar-refractivity contribution < 1.29 is 23.5 Å². The zero-order chi connectivity index (χ0) is 15.8. The van der Waals surface area contributed by atoms with Crippen molar-refractivity contribution in [2.24, 2.45) is 0 Å². The van der Waals surface area contributed by atoms with Gasteiger partial charge in [0, 0.05) is 12.8 Å². The van der Waals surface area contributed by atoms with Crippen molar-refractivity contribution in [2.45, 2.75) is 66.2 Å². The van der Waals surface area contributed by atoms with E-state index in [4.69, 9.17) is 13.9 Å². The number of carbonyl (C=O) groups is 2. The fourth-order valence-electron chi connectivity index (χ4n) is 1.85. The summed E-state index contributed by atoms with van der Waals surface area (Å²) in [7, 11) is 0. The van der Waals surface area contributed by atoms with Crippen molar-refractivity contribution >= 4 is 11.9 Å². The van der Waals surface area contributed by atoms with Crippen LogP contribution < -0.4 is 9.47 Å². The second-order valence-corrected chi connectivity index (χ2v) is 5.03. The molecule has 0 aliphatic heterocycles. The standard InChI is InChI=1S/C16H24O5/c1-5-7-9-13(17)20-15-11(3)19-12(4)16(15)21-14(18)10-8-6-2/h5-10H2,1-4H3. The molecule has 5 heteroatoms. The van der Waals surface area contributed by atoms with E-state index in [9.17, 15) is 9.59 Å². The van der Waals surface area contributed by atoms with Crippen LogP contribution in [0.1, 0.15) is 63.9 Å². The lowest BCUT2D eigenvalue weighted by Crippen LogP contribution is -2.11. The van der Waals surface area contributed by atoms with E-state index in [1.165, 1.54) is 0 Å². The number of hydrogen-bond acceptors (Lipinski definition) is 5. The topological polar surface area (TPSA) is 65.7 Å². The van der Waals surface area contributed by atoms with Crippen LogP contribution in [0.4, 0.5) is 0 Å². The van der Waals surface area contributed by atoms with Gasteiger partial charge in [-0.25, -0.2) is 0 Å². The smallest absolute Gasteiger partial charge is 0.311 e. The number of rotatable bonds is 8. The number of hydrogen-bond donors (Lipinski definition) is 0. The first kappa shape index (κ1) is 17.3. The molecular formula is C16H24O5. The van der Waals surface area contributed by atoms with Gasteiger partial charge in [0.25, 0.3) is 0 Å². The third-order valence-electron chi connectivity index (χ3n) is 3.05. The van der Waals surface area contributed by atoms with Gasteiger partial charge in [-0.15, -0.1) is 0 Å². The zero-order valence-electron chi connectivity index (χ0n) is 13.3. The molecule has 0 fully saturated rings. The SMILES string of the molecule is CCCCC(=O)Oc1c(C)oc(C)c1OC(=O)CCCC. The molecule has 0 atom stereocenters. The van der Waals surface area contributed by atoms with Crippen LogP contribution in [0.2, 0.25) is 0 Å². The molecule has 118 valence electrons. The first-order valence-electron chi connectivity index (χ1n) is 7.50. The van der Waals surface area contributed by atoms with Crippen molar-refractivity contribution in [1.82, 2.24) is 0 Å². The summed E-state index contributed by atoms with van der Waals surface area (Å²) < 4.78 is 16.0. The highest BCUT2D eigenvalue weighted by Crippen LogP contribution is 2.37. The summed E-state index contributed by atoms with van der Waals surface area (Å²) in [4.78, 5) is 23.5. The first-order valence-corrected chi connectivity index (χ1v) is 7.50. The highest BCUT2D eigenvalue weighted by atomic mass is 16.6. The second-order valence-electron chi connectivity index (χ2n) is 5.03.